The first-order valence-corrected chi connectivity index (χ1v) is 3.53. The van der Waals surface area contributed by atoms with Gasteiger partial charge in [0.1, 0.15) is 6.04 Å². The summed E-state index contributed by atoms with van der Waals surface area (Å²) in [6.45, 7) is 0.160. The number of hydrogen-bond donors (Lipinski definition) is 1. The van der Waals surface area contributed by atoms with Crippen LogP contribution in [0.3, 0.4) is 0 Å². The minimum Gasteiger partial charge on any atom is -0.390 e. The molecule has 0 aliphatic carbocycles. The Bertz CT molecular complexity index is 75.6. The molecule has 0 spiro atoms. The van der Waals surface area contributed by atoms with E-state index in [1.54, 1.807) is 0 Å². The summed E-state index contributed by atoms with van der Waals surface area (Å²) in [5.74, 6) is 0.514. The third-order valence-corrected chi connectivity index (χ3v) is 1.84. The third-order valence-electron chi connectivity index (χ3n) is 1.48. The van der Waals surface area contributed by atoms with Gasteiger partial charge in [-0.05, 0) is 0 Å². The highest BCUT2D eigenvalue weighted by Crippen LogP contribution is 2.03. The summed E-state index contributed by atoms with van der Waals surface area (Å²) in [6, 6.07) is 0.159. The van der Waals surface area contributed by atoms with Crippen LogP contribution in [0, 0.1) is 0 Å². The highest BCUT2D eigenvalue weighted by molar-refractivity contribution is 6.18. The maximum Gasteiger partial charge on any atom is 0.125 e. The van der Waals surface area contributed by atoms with Crippen LogP contribution in [0.2, 0.25) is 0 Å². The average molecular weight is 153 g/mol. The summed E-state index contributed by atoms with van der Waals surface area (Å²) in [5.41, 5.74) is 0. The Morgan fingerprint density at radius 2 is 1.89 bits per heavy atom. The second-order valence-electron chi connectivity index (χ2n) is 3.11. The van der Waals surface area contributed by atoms with Gasteiger partial charge >= 0.3 is 0 Å². The number of halogens is 1. The minimum absolute atomic E-state index is 0.159. The van der Waals surface area contributed by atoms with Crippen molar-refractivity contribution in [2.75, 3.05) is 33.6 Å². The predicted octanol–water partition coefficient (Wildman–Crippen LogP) is 0.292. The van der Waals surface area contributed by atoms with Crippen LogP contribution in [0.4, 0.5) is 0 Å². The van der Waals surface area contributed by atoms with Crippen LogP contribution in [0.1, 0.15) is 0 Å². The molecule has 9 heavy (non-hydrogen) atoms. The van der Waals surface area contributed by atoms with E-state index >= 15 is 0 Å². The van der Waals surface area contributed by atoms with Crippen molar-refractivity contribution in [3.05, 3.63) is 0 Å². The van der Waals surface area contributed by atoms with E-state index in [1.807, 2.05) is 21.1 Å². The molecule has 1 unspecified atom stereocenters. The predicted molar refractivity (Wildman–Crippen MR) is 39.6 cm³/mol. The van der Waals surface area contributed by atoms with Crippen molar-refractivity contribution in [3.8, 4) is 0 Å². The number of quaternary nitrogens is 1. The highest BCUT2D eigenvalue weighted by atomic mass is 35.5. The van der Waals surface area contributed by atoms with Gasteiger partial charge in [0.25, 0.3) is 0 Å². The number of rotatable bonds is 3. The molecule has 56 valence electrons. The third kappa shape index (κ3) is 3.04. The van der Waals surface area contributed by atoms with Crippen molar-refractivity contribution in [2.24, 2.45) is 0 Å². The molecule has 0 aromatic rings. The molecule has 0 amide bonds. The monoisotopic (exact) mass is 152 g/mol. The van der Waals surface area contributed by atoms with Crippen molar-refractivity contribution in [3.63, 3.8) is 0 Å². The molecule has 1 N–H and O–H groups in total. The van der Waals surface area contributed by atoms with E-state index in [1.165, 1.54) is 0 Å². The zero-order valence-electron chi connectivity index (χ0n) is 6.26. The van der Waals surface area contributed by atoms with Crippen LogP contribution >= 0.6 is 11.6 Å². The van der Waals surface area contributed by atoms with Crippen LogP contribution in [0.25, 0.3) is 0 Å². The van der Waals surface area contributed by atoms with Crippen LogP contribution in [0.5, 0.6) is 0 Å². The molecule has 2 nitrogen and oxygen atoms in total. The van der Waals surface area contributed by atoms with Gasteiger partial charge in [-0.15, -0.1) is 11.6 Å². The summed E-state index contributed by atoms with van der Waals surface area (Å²) in [4.78, 5) is 0. The summed E-state index contributed by atoms with van der Waals surface area (Å²) in [7, 11) is 6.05. The Balaban J connectivity index is 3.79. The van der Waals surface area contributed by atoms with E-state index < -0.39 is 0 Å². The van der Waals surface area contributed by atoms with E-state index in [9.17, 15) is 0 Å². The zero-order chi connectivity index (χ0) is 7.49. The fourth-order valence-corrected chi connectivity index (χ4v) is 1.01. The van der Waals surface area contributed by atoms with Crippen molar-refractivity contribution in [2.45, 2.75) is 6.04 Å². The Labute approximate surface area is 61.6 Å². The lowest BCUT2D eigenvalue weighted by Crippen LogP contribution is -2.48. The minimum atomic E-state index is 0.159. The van der Waals surface area contributed by atoms with Crippen LogP contribution < -0.4 is 0 Å². The lowest BCUT2D eigenvalue weighted by atomic mass is 10.3. The Hall–Kier alpha value is 0.210. The van der Waals surface area contributed by atoms with Gasteiger partial charge in [-0.2, -0.15) is 0 Å². The normalized spacial score (nSPS) is 15.7. The molecule has 0 heterocycles. The first-order valence-electron chi connectivity index (χ1n) is 3.00. The van der Waals surface area contributed by atoms with E-state index in [0.717, 1.165) is 4.48 Å². The largest absolute Gasteiger partial charge is 0.390 e. The number of nitrogens with zero attached hydrogens (tertiary/aromatic N) is 1. The second kappa shape index (κ2) is 3.40. The molecule has 0 aromatic carbocycles. The van der Waals surface area contributed by atoms with Gasteiger partial charge in [0, 0.05) is 0 Å². The van der Waals surface area contributed by atoms with Crippen molar-refractivity contribution in [1.29, 1.82) is 0 Å². The molecule has 1 atom stereocenters. The maximum atomic E-state index is 8.76. The van der Waals surface area contributed by atoms with Crippen LogP contribution in [-0.4, -0.2) is 49.3 Å². The summed E-state index contributed by atoms with van der Waals surface area (Å²) >= 11 is 5.58. The van der Waals surface area contributed by atoms with Gasteiger partial charge in [-0.3, -0.25) is 0 Å². The highest BCUT2D eigenvalue weighted by Gasteiger charge is 2.20. The average Bonchev–Trinajstić information content (AvgIpc) is 1.65. The van der Waals surface area contributed by atoms with Crippen molar-refractivity contribution >= 4 is 11.6 Å². The Morgan fingerprint density at radius 1 is 1.44 bits per heavy atom. The lowest BCUT2D eigenvalue weighted by Gasteiger charge is -2.31. The summed E-state index contributed by atoms with van der Waals surface area (Å²) in [6.07, 6.45) is 0. The standard InChI is InChI=1S/C6H15ClNO/c1-8(2,3)6(4-7)5-9/h6,9H,4-5H2,1-3H3/q+1. The van der Waals surface area contributed by atoms with Gasteiger partial charge in [-0.25, -0.2) is 0 Å². The maximum absolute atomic E-state index is 8.76. The van der Waals surface area contributed by atoms with Gasteiger partial charge < -0.3 is 9.59 Å². The number of likely N-dealkylation sites (N-methyl/N-ethyl adjacent to an activating group) is 1. The van der Waals surface area contributed by atoms with E-state index in [-0.39, 0.29) is 12.6 Å². The van der Waals surface area contributed by atoms with Gasteiger partial charge in [0.15, 0.2) is 0 Å². The molecule has 0 rings (SSSR count). The van der Waals surface area contributed by atoms with Gasteiger partial charge in [-0.1, -0.05) is 0 Å². The lowest BCUT2D eigenvalue weighted by molar-refractivity contribution is -0.893. The number of aliphatic hydroxyl groups excluding tert-OH is 1. The molecule has 0 aliphatic rings. The molecule has 0 saturated carbocycles. The Morgan fingerprint density at radius 3 is 1.89 bits per heavy atom. The Kier molecular flexibility index (Phi) is 3.48. The molecule has 0 radical (unpaired) electrons. The quantitative estimate of drug-likeness (QED) is 0.456. The molecule has 3 heteroatoms. The fraction of sp³-hybridized carbons (Fsp3) is 1.00. The molecule has 0 fully saturated rings. The van der Waals surface area contributed by atoms with Gasteiger partial charge in [0.05, 0.1) is 33.6 Å². The number of alkyl halides is 1. The number of aliphatic hydroxyl groups is 1. The SMILES string of the molecule is C[N+](C)(C)C(CO)CCl. The van der Waals surface area contributed by atoms with E-state index in [4.69, 9.17) is 16.7 Å². The molecule has 0 aromatic heterocycles. The van der Waals surface area contributed by atoms with Crippen LogP contribution in [0.15, 0.2) is 0 Å². The van der Waals surface area contributed by atoms with Crippen molar-refractivity contribution < 1.29 is 9.59 Å². The van der Waals surface area contributed by atoms with Crippen LogP contribution in [-0.2, 0) is 0 Å². The molecule has 0 aliphatic heterocycles. The molecule has 0 bridgehead atoms. The first-order chi connectivity index (χ1) is 4.02. The fourth-order valence-electron chi connectivity index (χ4n) is 0.501. The smallest absolute Gasteiger partial charge is 0.125 e. The zero-order valence-corrected chi connectivity index (χ0v) is 7.02. The second-order valence-corrected chi connectivity index (χ2v) is 3.42. The molecule has 0 saturated heterocycles. The first kappa shape index (κ1) is 9.21. The van der Waals surface area contributed by atoms with E-state index in [0.29, 0.717) is 5.88 Å². The van der Waals surface area contributed by atoms with E-state index in [2.05, 4.69) is 0 Å². The molecular formula is C6H15ClNO+. The van der Waals surface area contributed by atoms with Gasteiger partial charge in [0.2, 0.25) is 0 Å². The number of hydrogen-bond acceptors (Lipinski definition) is 1. The molecular weight excluding hydrogens is 138 g/mol. The summed E-state index contributed by atoms with van der Waals surface area (Å²) < 4.78 is 0.722. The summed E-state index contributed by atoms with van der Waals surface area (Å²) in [5, 5.41) is 8.76. The van der Waals surface area contributed by atoms with Crippen molar-refractivity contribution in [1.82, 2.24) is 0 Å². The topological polar surface area (TPSA) is 20.2 Å².